The number of hydrogen-bond donors (Lipinski definition) is 0. The van der Waals surface area contributed by atoms with Crippen molar-refractivity contribution >= 4 is 28.9 Å². The average Bonchev–Trinajstić information content (AvgIpc) is 3.25. The van der Waals surface area contributed by atoms with Crippen molar-refractivity contribution in [2.24, 2.45) is 0 Å². The van der Waals surface area contributed by atoms with E-state index in [9.17, 15) is 40.7 Å². The van der Waals surface area contributed by atoms with Gasteiger partial charge >= 0.3 is 30.3 Å². The summed E-state index contributed by atoms with van der Waals surface area (Å²) in [4.78, 5) is 37.9. The predicted octanol–water partition coefficient (Wildman–Crippen LogP) is 3.40. The largest absolute Gasteiger partial charge is 0.463 e. The van der Waals surface area contributed by atoms with Gasteiger partial charge in [-0.2, -0.15) is 26.3 Å². The van der Waals surface area contributed by atoms with E-state index in [1.807, 2.05) is 0 Å². The van der Waals surface area contributed by atoms with Crippen LogP contribution >= 0.6 is 0 Å². The van der Waals surface area contributed by atoms with Crippen LogP contribution in [0.25, 0.3) is 11.0 Å². The van der Waals surface area contributed by atoms with Crippen LogP contribution in [-0.2, 0) is 45.7 Å². The lowest BCUT2D eigenvalue weighted by Gasteiger charge is -2.24. The molecule has 2 aromatic heterocycles. The van der Waals surface area contributed by atoms with Crippen LogP contribution in [0, 0.1) is 0 Å². The Balaban J connectivity index is 2.18. The first-order valence-corrected chi connectivity index (χ1v) is 9.88. The number of fused-ring (bicyclic) bond motifs is 1. The number of nitrogens with zero attached hydrogens (tertiary/aromatic N) is 2. The zero-order valence-corrected chi connectivity index (χ0v) is 18.3. The number of ether oxygens (including phenoxy) is 4. The molecule has 0 aliphatic carbocycles. The van der Waals surface area contributed by atoms with E-state index in [-0.39, 0.29) is 6.07 Å². The molecule has 1 saturated heterocycles. The van der Waals surface area contributed by atoms with E-state index in [1.165, 1.54) is 0 Å². The fourth-order valence-corrected chi connectivity index (χ4v) is 3.63. The molecule has 0 saturated carbocycles. The van der Waals surface area contributed by atoms with Crippen molar-refractivity contribution in [2.75, 3.05) is 6.61 Å². The fraction of sp³-hybridized carbons (Fsp3) is 0.500. The Morgan fingerprint density at radius 3 is 2.09 bits per heavy atom. The van der Waals surface area contributed by atoms with E-state index >= 15 is 0 Å². The minimum absolute atomic E-state index is 0.114. The lowest BCUT2D eigenvalue weighted by Crippen LogP contribution is -2.40. The van der Waals surface area contributed by atoms with Crippen LogP contribution in [-0.4, -0.2) is 52.4 Å². The normalized spacial score (nSPS) is 22.8. The number of carbonyl (C=O) groups excluding carboxylic acids is 3. The lowest BCUT2D eigenvalue weighted by molar-refractivity contribution is -0.166. The van der Waals surface area contributed by atoms with Gasteiger partial charge in [-0.15, -0.1) is 0 Å². The summed E-state index contributed by atoms with van der Waals surface area (Å²) < 4.78 is 102. The smallest absolute Gasteiger partial charge is 0.433 e. The molecule has 1 aliphatic heterocycles. The number of pyridine rings is 1. The Bertz CT molecular complexity index is 1140. The molecule has 3 heterocycles. The van der Waals surface area contributed by atoms with Crippen LogP contribution in [0.15, 0.2) is 18.3 Å². The van der Waals surface area contributed by atoms with Crippen molar-refractivity contribution in [1.82, 2.24) is 9.55 Å². The number of hydrogen-bond acceptors (Lipinski definition) is 8. The van der Waals surface area contributed by atoms with Crippen molar-refractivity contribution in [3.05, 3.63) is 29.6 Å². The topological polar surface area (TPSA) is 106 Å². The number of halogens is 6. The number of alkyl halides is 6. The average molecular weight is 512 g/mol. The Morgan fingerprint density at radius 1 is 0.971 bits per heavy atom. The minimum Gasteiger partial charge on any atom is -0.463 e. The van der Waals surface area contributed by atoms with Gasteiger partial charge in [0.25, 0.3) is 0 Å². The zero-order chi connectivity index (χ0) is 26.3. The third-order valence-electron chi connectivity index (χ3n) is 4.90. The highest BCUT2D eigenvalue weighted by molar-refractivity contribution is 5.81. The van der Waals surface area contributed by atoms with Gasteiger partial charge in [0, 0.05) is 32.4 Å². The molecule has 0 amide bonds. The Morgan fingerprint density at radius 2 is 1.57 bits per heavy atom. The maximum atomic E-state index is 13.6. The quantitative estimate of drug-likeness (QED) is 0.341. The van der Waals surface area contributed by atoms with Gasteiger partial charge in [-0.3, -0.25) is 14.4 Å². The SMILES string of the molecule is CC(=O)OC[C@H]1O[C@@H](n2ccc3c(C(F)(F)F)cc(C(F)(F)F)nc32)[C@H](OC(C)=O)[C@@H]1OC(C)=O. The second kappa shape index (κ2) is 9.36. The maximum absolute atomic E-state index is 13.6. The first kappa shape index (κ1) is 26.2. The third-order valence-corrected chi connectivity index (χ3v) is 4.90. The van der Waals surface area contributed by atoms with Crippen molar-refractivity contribution in [3.8, 4) is 0 Å². The molecule has 15 heteroatoms. The van der Waals surface area contributed by atoms with Gasteiger partial charge in [0.05, 0.1) is 5.56 Å². The Kier molecular flexibility index (Phi) is 7.02. The molecule has 1 aliphatic rings. The van der Waals surface area contributed by atoms with Gasteiger partial charge in [-0.05, 0) is 12.1 Å². The van der Waals surface area contributed by atoms with Gasteiger partial charge in [0.2, 0.25) is 0 Å². The van der Waals surface area contributed by atoms with Crippen molar-refractivity contribution in [3.63, 3.8) is 0 Å². The number of esters is 3. The van der Waals surface area contributed by atoms with Crippen molar-refractivity contribution < 1.29 is 59.7 Å². The summed E-state index contributed by atoms with van der Waals surface area (Å²) in [5, 5.41) is -0.678. The highest BCUT2D eigenvalue weighted by Crippen LogP contribution is 2.41. The summed E-state index contributed by atoms with van der Waals surface area (Å²) in [5.74, 6) is -2.52. The monoisotopic (exact) mass is 512 g/mol. The molecule has 3 rings (SSSR count). The zero-order valence-electron chi connectivity index (χ0n) is 18.3. The molecule has 0 aromatic carbocycles. The maximum Gasteiger partial charge on any atom is 0.433 e. The highest BCUT2D eigenvalue weighted by atomic mass is 19.4. The summed E-state index contributed by atoms with van der Waals surface area (Å²) in [6.07, 6.45) is -15.2. The molecular formula is C20H18F6N2O7. The van der Waals surface area contributed by atoms with Crippen LogP contribution in [0.4, 0.5) is 26.3 Å². The fourth-order valence-electron chi connectivity index (χ4n) is 3.63. The van der Waals surface area contributed by atoms with Crippen LogP contribution < -0.4 is 0 Å². The third kappa shape index (κ3) is 5.66. The lowest BCUT2D eigenvalue weighted by atomic mass is 10.1. The van der Waals surface area contributed by atoms with E-state index < -0.39 is 83.7 Å². The van der Waals surface area contributed by atoms with E-state index in [0.29, 0.717) is 0 Å². The molecular weight excluding hydrogens is 494 g/mol. The molecule has 0 radical (unpaired) electrons. The Labute approximate surface area is 192 Å². The molecule has 192 valence electrons. The first-order valence-electron chi connectivity index (χ1n) is 9.88. The second-order valence-electron chi connectivity index (χ2n) is 7.53. The molecule has 0 spiro atoms. The number of aromatic nitrogens is 2. The van der Waals surface area contributed by atoms with Gasteiger partial charge in [0.15, 0.2) is 18.4 Å². The van der Waals surface area contributed by atoms with E-state index in [1.54, 1.807) is 0 Å². The van der Waals surface area contributed by atoms with Crippen LogP contribution in [0.3, 0.4) is 0 Å². The van der Waals surface area contributed by atoms with E-state index in [4.69, 9.17) is 18.9 Å². The molecule has 2 aromatic rings. The van der Waals surface area contributed by atoms with Gasteiger partial charge in [-0.25, -0.2) is 4.98 Å². The molecule has 1 fully saturated rings. The van der Waals surface area contributed by atoms with Crippen molar-refractivity contribution in [2.45, 2.75) is 57.7 Å². The summed E-state index contributed by atoms with van der Waals surface area (Å²) in [6, 6.07) is 0.761. The summed E-state index contributed by atoms with van der Waals surface area (Å²) in [5.41, 5.74) is -4.18. The number of carbonyl (C=O) groups is 3. The van der Waals surface area contributed by atoms with Crippen molar-refractivity contribution in [1.29, 1.82) is 0 Å². The molecule has 35 heavy (non-hydrogen) atoms. The number of rotatable bonds is 5. The first-order chi connectivity index (χ1) is 16.1. The van der Waals surface area contributed by atoms with Crippen LogP contribution in [0.2, 0.25) is 0 Å². The predicted molar refractivity (Wildman–Crippen MR) is 101 cm³/mol. The summed E-state index contributed by atoms with van der Waals surface area (Å²) in [6.45, 7) is 2.54. The van der Waals surface area contributed by atoms with Gasteiger partial charge < -0.3 is 23.5 Å². The molecule has 9 nitrogen and oxygen atoms in total. The molecule has 4 atom stereocenters. The summed E-state index contributed by atoms with van der Waals surface area (Å²) >= 11 is 0. The van der Waals surface area contributed by atoms with E-state index in [0.717, 1.165) is 37.6 Å². The standard InChI is InChI=1S/C20H18F6N2O7/c1-8(29)32-7-13-15(33-9(2)30)16(34-10(3)31)18(35-13)28-5-4-11-12(19(21,22)23)6-14(20(24,25)26)27-17(11)28/h4-6,13,15-16,18H,7H2,1-3H3/t13-,15-,16-,18-/m1/s1. The molecule has 0 N–H and O–H groups in total. The van der Waals surface area contributed by atoms with Gasteiger partial charge in [0.1, 0.15) is 24.1 Å². The van der Waals surface area contributed by atoms with Crippen LogP contribution in [0.5, 0.6) is 0 Å². The van der Waals surface area contributed by atoms with Gasteiger partial charge in [-0.1, -0.05) is 0 Å². The summed E-state index contributed by atoms with van der Waals surface area (Å²) in [7, 11) is 0. The highest BCUT2D eigenvalue weighted by Gasteiger charge is 2.51. The molecule has 0 bridgehead atoms. The van der Waals surface area contributed by atoms with E-state index in [2.05, 4.69) is 4.98 Å². The Hall–Kier alpha value is -3.36. The minimum atomic E-state index is -5.22. The molecule has 0 unspecified atom stereocenters. The second-order valence-corrected chi connectivity index (χ2v) is 7.53. The van der Waals surface area contributed by atoms with Crippen LogP contribution in [0.1, 0.15) is 38.3 Å².